The number of anilines is 2. The van der Waals surface area contributed by atoms with Crippen LogP contribution in [0, 0.1) is 11.7 Å². The van der Waals surface area contributed by atoms with Gasteiger partial charge in [-0.25, -0.2) is 4.39 Å². The zero-order chi connectivity index (χ0) is 18.0. The van der Waals surface area contributed by atoms with Crippen LogP contribution in [0.1, 0.15) is 19.4 Å². The first-order valence-corrected chi connectivity index (χ1v) is 7.99. The number of rotatable bonds is 6. The van der Waals surface area contributed by atoms with Crippen molar-refractivity contribution in [2.45, 2.75) is 20.3 Å². The number of ether oxygens (including phenoxy) is 1. The highest BCUT2D eigenvalue weighted by Crippen LogP contribution is 2.30. The van der Waals surface area contributed by atoms with E-state index in [9.17, 15) is 9.18 Å². The maximum atomic E-state index is 13.2. The molecule has 0 atom stereocenters. The smallest absolute Gasteiger partial charge is 0.300 e. The van der Waals surface area contributed by atoms with Gasteiger partial charge in [-0.15, -0.1) is 0 Å². The van der Waals surface area contributed by atoms with Gasteiger partial charge < -0.3 is 14.5 Å². The average molecular weight is 342 g/mol. The maximum absolute atomic E-state index is 13.2. The Balaban J connectivity index is 1.84. The molecular weight excluding hydrogens is 323 g/mol. The van der Waals surface area contributed by atoms with Gasteiger partial charge >= 0.3 is 0 Å². The van der Waals surface area contributed by atoms with Crippen LogP contribution >= 0.6 is 0 Å². The molecule has 25 heavy (non-hydrogen) atoms. The van der Waals surface area contributed by atoms with Gasteiger partial charge in [0.05, 0.1) is 12.8 Å². The first kappa shape index (κ1) is 17.0. The van der Waals surface area contributed by atoms with E-state index in [0.29, 0.717) is 29.0 Å². The van der Waals surface area contributed by atoms with E-state index in [-0.39, 0.29) is 23.5 Å². The van der Waals surface area contributed by atoms with Crippen LogP contribution in [0.15, 0.2) is 40.8 Å². The molecule has 0 aliphatic heterocycles. The summed E-state index contributed by atoms with van der Waals surface area (Å²) in [7, 11) is 1.55. The fourth-order valence-electron chi connectivity index (χ4n) is 2.42. The monoisotopic (exact) mass is 342 g/mol. The summed E-state index contributed by atoms with van der Waals surface area (Å²) in [5.74, 6) is 0.349. The highest BCUT2D eigenvalue weighted by atomic mass is 19.1. The van der Waals surface area contributed by atoms with Crippen LogP contribution in [0.2, 0.25) is 0 Å². The molecule has 6 heteroatoms. The minimum atomic E-state index is -0.382. The van der Waals surface area contributed by atoms with Crippen molar-refractivity contribution in [2.75, 3.05) is 12.4 Å². The topological polar surface area (TPSA) is 64.4 Å². The number of carbonyl (C=O) groups is 1. The lowest BCUT2D eigenvalue weighted by Crippen LogP contribution is -2.10. The van der Waals surface area contributed by atoms with Crippen LogP contribution < -0.4 is 10.1 Å². The van der Waals surface area contributed by atoms with Gasteiger partial charge in [0.15, 0.2) is 5.58 Å². The molecule has 3 aromatic rings. The number of hydrogen-bond acceptors (Lipinski definition) is 5. The van der Waals surface area contributed by atoms with E-state index in [4.69, 9.17) is 9.15 Å². The molecule has 130 valence electrons. The minimum absolute atomic E-state index is 0.0102. The molecule has 0 bridgehead atoms. The Morgan fingerprint density at radius 3 is 2.80 bits per heavy atom. The normalized spacial score (nSPS) is 11.1. The Morgan fingerprint density at radius 1 is 1.28 bits per heavy atom. The summed E-state index contributed by atoms with van der Waals surface area (Å²) in [5, 5.41) is 3.03. The maximum Gasteiger partial charge on any atom is 0.300 e. The molecule has 0 aliphatic carbocycles. The summed E-state index contributed by atoms with van der Waals surface area (Å²) in [6.45, 7) is 3.76. The Labute approximate surface area is 144 Å². The van der Waals surface area contributed by atoms with E-state index in [1.807, 2.05) is 26.0 Å². The number of nitrogens with zero attached hydrogens (tertiary/aromatic N) is 1. The molecule has 0 radical (unpaired) electrons. The number of halogens is 1. The molecule has 0 unspecified atom stereocenters. The SMILES string of the molecule is COc1cc(CC(=O)C(C)C)ccc1Nc1nc2ccc(F)cc2o1. The Morgan fingerprint density at radius 2 is 2.08 bits per heavy atom. The molecule has 5 nitrogen and oxygen atoms in total. The van der Waals surface area contributed by atoms with Crippen LogP contribution in [0.4, 0.5) is 16.1 Å². The molecular formula is C19H19FN2O3. The van der Waals surface area contributed by atoms with Gasteiger partial charge in [-0.2, -0.15) is 4.98 Å². The fourth-order valence-corrected chi connectivity index (χ4v) is 2.42. The standard InChI is InChI=1S/C19H19FN2O3/c1-11(2)16(23)8-12-4-6-14(17(9-12)24-3)21-19-22-15-7-5-13(20)10-18(15)25-19/h4-7,9-11H,8H2,1-3H3,(H,21,22). The third-order valence-corrected chi connectivity index (χ3v) is 3.88. The van der Waals surface area contributed by atoms with Gasteiger partial charge in [0, 0.05) is 18.4 Å². The third-order valence-electron chi connectivity index (χ3n) is 3.88. The van der Waals surface area contributed by atoms with Gasteiger partial charge in [0.1, 0.15) is 22.9 Å². The summed E-state index contributed by atoms with van der Waals surface area (Å²) in [6, 6.07) is 9.87. The quantitative estimate of drug-likeness (QED) is 0.715. The van der Waals surface area contributed by atoms with Crippen molar-refractivity contribution in [3.05, 3.63) is 47.8 Å². The average Bonchev–Trinajstić information content (AvgIpc) is 2.97. The van der Waals surface area contributed by atoms with E-state index in [1.54, 1.807) is 19.2 Å². The van der Waals surface area contributed by atoms with Crippen molar-refractivity contribution in [1.82, 2.24) is 4.98 Å². The number of fused-ring (bicyclic) bond motifs is 1. The summed E-state index contributed by atoms with van der Waals surface area (Å²) >= 11 is 0. The predicted molar refractivity (Wildman–Crippen MR) is 93.8 cm³/mol. The predicted octanol–water partition coefficient (Wildman–Crippen LogP) is 4.49. The lowest BCUT2D eigenvalue weighted by atomic mass is 10.0. The highest BCUT2D eigenvalue weighted by Gasteiger charge is 2.13. The lowest BCUT2D eigenvalue weighted by Gasteiger charge is -2.11. The van der Waals surface area contributed by atoms with Crippen molar-refractivity contribution >= 4 is 28.6 Å². The van der Waals surface area contributed by atoms with Gasteiger partial charge in [0.25, 0.3) is 6.01 Å². The molecule has 0 aliphatic rings. The van der Waals surface area contributed by atoms with Crippen molar-refractivity contribution in [3.8, 4) is 5.75 Å². The van der Waals surface area contributed by atoms with Crippen molar-refractivity contribution in [3.63, 3.8) is 0 Å². The van der Waals surface area contributed by atoms with Gasteiger partial charge in [0.2, 0.25) is 0 Å². The van der Waals surface area contributed by atoms with Crippen LogP contribution in [-0.4, -0.2) is 17.9 Å². The summed E-state index contributed by atoms with van der Waals surface area (Å²) in [5.41, 5.74) is 2.44. The summed E-state index contributed by atoms with van der Waals surface area (Å²) < 4.78 is 24.1. The van der Waals surface area contributed by atoms with E-state index >= 15 is 0 Å². The second kappa shape index (κ2) is 6.93. The number of methoxy groups -OCH3 is 1. The lowest BCUT2D eigenvalue weighted by molar-refractivity contribution is -0.121. The van der Waals surface area contributed by atoms with E-state index in [0.717, 1.165) is 5.56 Å². The van der Waals surface area contributed by atoms with E-state index in [1.165, 1.54) is 12.1 Å². The molecule has 0 saturated carbocycles. The zero-order valence-electron chi connectivity index (χ0n) is 14.3. The van der Waals surface area contributed by atoms with Gasteiger partial charge in [-0.1, -0.05) is 19.9 Å². The number of nitrogens with one attached hydrogen (secondary N) is 1. The molecule has 1 heterocycles. The second-order valence-corrected chi connectivity index (χ2v) is 6.09. The van der Waals surface area contributed by atoms with Gasteiger partial charge in [-0.05, 0) is 29.8 Å². The number of oxazole rings is 1. The molecule has 3 rings (SSSR count). The Bertz CT molecular complexity index is 918. The summed E-state index contributed by atoms with van der Waals surface area (Å²) in [6.07, 6.45) is 0.358. The molecule has 1 aromatic heterocycles. The highest BCUT2D eigenvalue weighted by molar-refractivity contribution is 5.83. The first-order valence-electron chi connectivity index (χ1n) is 7.99. The molecule has 1 N–H and O–H groups in total. The number of benzene rings is 2. The number of aromatic nitrogens is 1. The van der Waals surface area contributed by atoms with Crippen LogP contribution in [0.25, 0.3) is 11.1 Å². The number of carbonyl (C=O) groups excluding carboxylic acids is 1. The van der Waals surface area contributed by atoms with Gasteiger partial charge in [-0.3, -0.25) is 4.79 Å². The van der Waals surface area contributed by atoms with Crippen LogP contribution in [-0.2, 0) is 11.2 Å². The fraction of sp³-hybridized carbons (Fsp3) is 0.263. The zero-order valence-corrected chi connectivity index (χ0v) is 14.3. The summed E-state index contributed by atoms with van der Waals surface area (Å²) in [4.78, 5) is 16.2. The van der Waals surface area contributed by atoms with Crippen LogP contribution in [0.3, 0.4) is 0 Å². The molecule has 2 aromatic carbocycles. The van der Waals surface area contributed by atoms with E-state index < -0.39 is 0 Å². The molecule has 0 saturated heterocycles. The number of hydrogen-bond donors (Lipinski definition) is 1. The number of ketones is 1. The third kappa shape index (κ3) is 3.79. The van der Waals surface area contributed by atoms with E-state index in [2.05, 4.69) is 10.3 Å². The molecule has 0 amide bonds. The largest absolute Gasteiger partial charge is 0.495 e. The van der Waals surface area contributed by atoms with Crippen LogP contribution in [0.5, 0.6) is 5.75 Å². The molecule has 0 fully saturated rings. The van der Waals surface area contributed by atoms with Crippen molar-refractivity contribution < 1.29 is 18.3 Å². The first-order chi connectivity index (χ1) is 12.0. The molecule has 0 spiro atoms. The number of Topliss-reactive ketones (excluding diaryl/α,β-unsaturated/α-hetero) is 1. The minimum Gasteiger partial charge on any atom is -0.495 e. The van der Waals surface area contributed by atoms with Crippen molar-refractivity contribution in [1.29, 1.82) is 0 Å². The Hall–Kier alpha value is -2.89. The second-order valence-electron chi connectivity index (χ2n) is 6.09. The van der Waals surface area contributed by atoms with Crippen molar-refractivity contribution in [2.24, 2.45) is 5.92 Å². The Kier molecular flexibility index (Phi) is 4.70.